The summed E-state index contributed by atoms with van der Waals surface area (Å²) in [6.07, 6.45) is 0.963. The zero-order valence-electron chi connectivity index (χ0n) is 13.7. The summed E-state index contributed by atoms with van der Waals surface area (Å²) in [7, 11) is -2.02. The Morgan fingerprint density at radius 1 is 1.09 bits per heavy atom. The Hall–Kier alpha value is -0.273. The Balaban J connectivity index is 2.19. The number of carbonyl (C=O) groups is 1. The first kappa shape index (κ1) is 19.8. The maximum absolute atomic E-state index is 11.9. The molecule has 0 fully saturated rings. The van der Waals surface area contributed by atoms with Gasteiger partial charge in [-0.1, -0.05) is 53.9 Å². The van der Waals surface area contributed by atoms with Crippen LogP contribution >= 0.6 is 23.5 Å². The topological polar surface area (TPSA) is 35.5 Å². The van der Waals surface area contributed by atoms with Crippen LogP contribution in [0.3, 0.4) is 0 Å². The quantitative estimate of drug-likeness (QED) is 0.418. The zero-order chi connectivity index (χ0) is 16.3. The van der Waals surface area contributed by atoms with Crippen molar-refractivity contribution in [2.24, 2.45) is 0 Å². The molecular formula is C16H26O3S2Si. The number of benzene rings is 1. The summed E-state index contributed by atoms with van der Waals surface area (Å²) in [6.45, 7) is 7.51. The van der Waals surface area contributed by atoms with Crippen molar-refractivity contribution in [3.8, 4) is 0 Å². The molecule has 0 spiro atoms. The van der Waals surface area contributed by atoms with Crippen LogP contribution in [0.5, 0.6) is 0 Å². The van der Waals surface area contributed by atoms with Gasteiger partial charge in [0.1, 0.15) is 0 Å². The summed E-state index contributed by atoms with van der Waals surface area (Å²) in [5, 5.41) is 0. The van der Waals surface area contributed by atoms with E-state index >= 15 is 0 Å². The van der Waals surface area contributed by atoms with Gasteiger partial charge in [-0.25, -0.2) is 0 Å². The molecule has 22 heavy (non-hydrogen) atoms. The molecule has 0 saturated heterocycles. The van der Waals surface area contributed by atoms with E-state index in [2.05, 4.69) is 6.55 Å². The van der Waals surface area contributed by atoms with E-state index in [9.17, 15) is 4.79 Å². The molecule has 0 bridgehead atoms. The van der Waals surface area contributed by atoms with E-state index in [1.165, 1.54) is 29.1 Å². The molecule has 0 aliphatic rings. The van der Waals surface area contributed by atoms with Crippen molar-refractivity contribution in [3.05, 3.63) is 35.9 Å². The van der Waals surface area contributed by atoms with Crippen LogP contribution in [0.25, 0.3) is 0 Å². The Morgan fingerprint density at radius 3 is 2.32 bits per heavy atom. The van der Waals surface area contributed by atoms with Gasteiger partial charge < -0.3 is 8.85 Å². The van der Waals surface area contributed by atoms with Gasteiger partial charge in [0.15, 0.2) is 0 Å². The fourth-order valence-corrected chi connectivity index (χ4v) is 6.46. The molecule has 3 nitrogen and oxygen atoms in total. The lowest BCUT2D eigenvalue weighted by Crippen LogP contribution is -2.38. The van der Waals surface area contributed by atoms with Gasteiger partial charge in [0.05, 0.1) is 0 Å². The third kappa shape index (κ3) is 8.38. The average Bonchev–Trinajstić information content (AvgIpc) is 2.51. The lowest BCUT2D eigenvalue weighted by atomic mass is 10.2. The van der Waals surface area contributed by atoms with E-state index in [0.717, 1.165) is 24.0 Å². The van der Waals surface area contributed by atoms with Crippen LogP contribution in [0.1, 0.15) is 25.8 Å². The van der Waals surface area contributed by atoms with Crippen molar-refractivity contribution in [2.45, 2.75) is 38.6 Å². The van der Waals surface area contributed by atoms with Crippen LogP contribution in [0.2, 0.25) is 12.6 Å². The normalized spacial score (nSPS) is 11.6. The second-order valence-corrected chi connectivity index (χ2v) is 10.6. The molecule has 1 aromatic carbocycles. The van der Waals surface area contributed by atoms with E-state index in [4.69, 9.17) is 8.85 Å². The molecule has 1 rings (SSSR count). The fourth-order valence-electron chi connectivity index (χ4n) is 2.10. The van der Waals surface area contributed by atoms with Gasteiger partial charge in [-0.05, 0) is 38.4 Å². The Labute approximate surface area is 143 Å². The molecule has 0 N–H and O–H groups in total. The Bertz CT molecular complexity index is 423. The van der Waals surface area contributed by atoms with Crippen LogP contribution in [0, 0.1) is 0 Å². The van der Waals surface area contributed by atoms with Crippen molar-refractivity contribution >= 4 is 36.5 Å². The molecule has 0 heterocycles. The predicted molar refractivity (Wildman–Crippen MR) is 99.9 cm³/mol. The van der Waals surface area contributed by atoms with Gasteiger partial charge in [0.25, 0.3) is 0 Å². The molecule has 0 aliphatic heterocycles. The molecule has 0 radical (unpaired) electrons. The molecule has 0 unspecified atom stereocenters. The third-order valence-electron chi connectivity index (χ3n) is 3.09. The molecule has 0 aromatic heterocycles. The van der Waals surface area contributed by atoms with Crippen molar-refractivity contribution in [3.63, 3.8) is 0 Å². The minimum Gasteiger partial charge on any atom is -0.395 e. The molecule has 124 valence electrons. The van der Waals surface area contributed by atoms with E-state index in [1.807, 2.05) is 44.2 Å². The van der Waals surface area contributed by atoms with Gasteiger partial charge in [0.2, 0.25) is 4.45 Å². The van der Waals surface area contributed by atoms with Crippen LogP contribution in [-0.4, -0.2) is 32.0 Å². The third-order valence-corrected chi connectivity index (χ3v) is 8.30. The van der Waals surface area contributed by atoms with Gasteiger partial charge in [-0.15, -0.1) is 0 Å². The second kappa shape index (κ2) is 11.3. The first-order valence-corrected chi connectivity index (χ1v) is 12.2. The summed E-state index contributed by atoms with van der Waals surface area (Å²) in [5.74, 6) is 1.58. The number of hydrogen-bond acceptors (Lipinski definition) is 5. The summed E-state index contributed by atoms with van der Waals surface area (Å²) in [6, 6.07) is 11.0. The number of thioether (sulfide) groups is 2. The van der Waals surface area contributed by atoms with E-state index in [0.29, 0.717) is 13.2 Å². The number of carbonyl (C=O) groups excluding carboxylic acids is 1. The highest BCUT2D eigenvalue weighted by atomic mass is 32.2. The van der Waals surface area contributed by atoms with Gasteiger partial charge in [-0.3, -0.25) is 4.79 Å². The van der Waals surface area contributed by atoms with Crippen LogP contribution < -0.4 is 0 Å². The molecule has 0 aliphatic carbocycles. The maximum atomic E-state index is 11.9. The highest BCUT2D eigenvalue weighted by molar-refractivity contribution is 8.38. The lowest BCUT2D eigenvalue weighted by Gasteiger charge is -2.25. The van der Waals surface area contributed by atoms with Crippen LogP contribution in [0.15, 0.2) is 30.3 Å². The van der Waals surface area contributed by atoms with E-state index in [1.54, 1.807) is 0 Å². The van der Waals surface area contributed by atoms with Crippen molar-refractivity contribution in [1.82, 2.24) is 0 Å². The standard InChI is InChI=1S/C16H26O3S2Si/c1-4-18-22(3,19-5-2)13-9-12-20-16(17)21-14-15-10-7-6-8-11-15/h6-8,10-11H,4-5,9,12-14H2,1-3H3. The van der Waals surface area contributed by atoms with Crippen LogP contribution in [0.4, 0.5) is 4.79 Å². The Morgan fingerprint density at radius 2 is 1.73 bits per heavy atom. The first-order chi connectivity index (χ1) is 10.6. The predicted octanol–water partition coefficient (Wildman–Crippen LogP) is 5.31. The summed E-state index contributed by atoms with van der Waals surface area (Å²) in [4.78, 5) is 11.9. The smallest absolute Gasteiger partial charge is 0.334 e. The number of rotatable bonds is 10. The lowest BCUT2D eigenvalue weighted by molar-refractivity contribution is 0.189. The first-order valence-electron chi connectivity index (χ1n) is 7.71. The van der Waals surface area contributed by atoms with Crippen LogP contribution in [-0.2, 0) is 14.6 Å². The largest absolute Gasteiger partial charge is 0.395 e. The summed E-state index contributed by atoms with van der Waals surface area (Å²) >= 11 is 2.79. The minimum absolute atomic E-state index is 0.194. The summed E-state index contributed by atoms with van der Waals surface area (Å²) < 4.78 is 11.8. The maximum Gasteiger partial charge on any atom is 0.334 e. The summed E-state index contributed by atoms with van der Waals surface area (Å²) in [5.41, 5.74) is 1.19. The minimum atomic E-state index is -2.02. The van der Waals surface area contributed by atoms with Gasteiger partial charge in [0, 0.05) is 24.7 Å². The van der Waals surface area contributed by atoms with E-state index < -0.39 is 8.56 Å². The van der Waals surface area contributed by atoms with Gasteiger partial charge in [-0.2, -0.15) is 0 Å². The molecular weight excluding hydrogens is 332 g/mol. The molecule has 0 atom stereocenters. The zero-order valence-corrected chi connectivity index (χ0v) is 16.3. The average molecular weight is 359 g/mol. The van der Waals surface area contributed by atoms with E-state index in [-0.39, 0.29) is 4.45 Å². The molecule has 1 aromatic rings. The second-order valence-electron chi connectivity index (χ2n) is 4.98. The van der Waals surface area contributed by atoms with Crippen molar-refractivity contribution in [1.29, 1.82) is 0 Å². The Kier molecular flexibility index (Phi) is 10.1. The highest BCUT2D eigenvalue weighted by Gasteiger charge is 2.29. The highest BCUT2D eigenvalue weighted by Crippen LogP contribution is 2.24. The van der Waals surface area contributed by atoms with Crippen molar-refractivity contribution < 1.29 is 13.6 Å². The SMILES string of the molecule is CCO[Si](C)(CCCSC(=O)SCc1ccccc1)OCC. The molecule has 0 saturated carbocycles. The number of hydrogen-bond donors (Lipinski definition) is 0. The monoisotopic (exact) mass is 358 g/mol. The van der Waals surface area contributed by atoms with Crippen molar-refractivity contribution in [2.75, 3.05) is 19.0 Å². The van der Waals surface area contributed by atoms with Gasteiger partial charge >= 0.3 is 8.56 Å². The molecule has 0 amide bonds. The fraction of sp³-hybridized carbons (Fsp3) is 0.562. The molecule has 6 heteroatoms.